The molecule has 2 nitrogen and oxygen atoms in total. The molecule has 0 amide bonds. The van der Waals surface area contributed by atoms with Crippen LogP contribution in [0.3, 0.4) is 0 Å². The molecule has 3 aromatic rings. The lowest BCUT2D eigenvalue weighted by Gasteiger charge is -2.04. The fourth-order valence-electron chi connectivity index (χ4n) is 2.49. The number of hydrogen-bond donors (Lipinski definition) is 2. The molecule has 2 aromatic carbocycles. The Balaban J connectivity index is 2.25. The van der Waals surface area contributed by atoms with Crippen molar-refractivity contribution >= 4 is 22.5 Å². The summed E-state index contributed by atoms with van der Waals surface area (Å²) < 4.78 is 0. The van der Waals surface area contributed by atoms with Crippen LogP contribution in [0.5, 0.6) is 0 Å². The molecule has 3 N–H and O–H groups in total. The van der Waals surface area contributed by atoms with E-state index in [2.05, 4.69) is 29.2 Å². The topological polar surface area (TPSA) is 41.8 Å². The van der Waals surface area contributed by atoms with E-state index in [1.54, 1.807) is 0 Å². The van der Waals surface area contributed by atoms with E-state index in [-0.39, 0.29) is 0 Å². The molecular formula is C16H15ClN2. The molecule has 3 rings (SSSR count). The second-order valence-corrected chi connectivity index (χ2v) is 5.01. The van der Waals surface area contributed by atoms with Crippen LogP contribution in [0.4, 0.5) is 0 Å². The average Bonchev–Trinajstić information content (AvgIpc) is 2.79. The lowest BCUT2D eigenvalue weighted by Crippen LogP contribution is -2.03. The van der Waals surface area contributed by atoms with Crippen LogP contribution >= 0.6 is 11.6 Å². The maximum Gasteiger partial charge on any atom is 0.0498 e. The van der Waals surface area contributed by atoms with Crippen molar-refractivity contribution in [1.82, 2.24) is 4.98 Å². The minimum absolute atomic E-state index is 0.634. The summed E-state index contributed by atoms with van der Waals surface area (Å²) in [7, 11) is 0. The lowest BCUT2D eigenvalue weighted by atomic mass is 10.0. The molecule has 0 saturated heterocycles. The Kier molecular flexibility index (Phi) is 3.28. The first-order chi connectivity index (χ1) is 9.29. The van der Waals surface area contributed by atoms with Crippen LogP contribution in [0.25, 0.3) is 22.2 Å². The molecule has 3 heteroatoms. The number of nitrogens with one attached hydrogen (secondary N) is 1. The van der Waals surface area contributed by atoms with Gasteiger partial charge >= 0.3 is 0 Å². The van der Waals surface area contributed by atoms with Crippen molar-refractivity contribution in [3.8, 4) is 11.3 Å². The van der Waals surface area contributed by atoms with Gasteiger partial charge in [0.25, 0.3) is 0 Å². The molecule has 0 saturated carbocycles. The molecular weight excluding hydrogens is 256 g/mol. The lowest BCUT2D eigenvalue weighted by molar-refractivity contribution is 0.978. The molecule has 1 aromatic heterocycles. The smallest absolute Gasteiger partial charge is 0.0498 e. The van der Waals surface area contributed by atoms with Crippen molar-refractivity contribution in [3.05, 3.63) is 59.1 Å². The first-order valence-corrected chi connectivity index (χ1v) is 6.73. The van der Waals surface area contributed by atoms with Crippen LogP contribution in [0.2, 0.25) is 5.02 Å². The van der Waals surface area contributed by atoms with Gasteiger partial charge in [-0.25, -0.2) is 0 Å². The fraction of sp³-hybridized carbons (Fsp3) is 0.125. The van der Waals surface area contributed by atoms with Crippen LogP contribution in [0.15, 0.2) is 48.5 Å². The summed E-state index contributed by atoms with van der Waals surface area (Å²) in [5, 5.41) is 1.98. The Labute approximate surface area is 117 Å². The van der Waals surface area contributed by atoms with E-state index in [9.17, 15) is 0 Å². The Morgan fingerprint density at radius 2 is 1.89 bits per heavy atom. The monoisotopic (exact) mass is 270 g/mol. The maximum atomic E-state index is 6.08. The highest BCUT2D eigenvalue weighted by Crippen LogP contribution is 2.31. The highest BCUT2D eigenvalue weighted by Gasteiger charge is 2.12. The zero-order valence-corrected chi connectivity index (χ0v) is 11.2. The summed E-state index contributed by atoms with van der Waals surface area (Å²) in [5.74, 6) is 0. The van der Waals surface area contributed by atoms with E-state index in [4.69, 9.17) is 17.3 Å². The van der Waals surface area contributed by atoms with Crippen LogP contribution in [-0.4, -0.2) is 11.5 Å². The third-order valence-corrected chi connectivity index (χ3v) is 3.56. The number of aromatic amines is 1. The minimum atomic E-state index is 0.634. The molecule has 0 spiro atoms. The maximum absolute atomic E-state index is 6.08. The molecule has 19 heavy (non-hydrogen) atoms. The minimum Gasteiger partial charge on any atom is -0.354 e. The number of rotatable bonds is 3. The molecule has 0 aliphatic carbocycles. The van der Waals surface area contributed by atoms with Gasteiger partial charge in [0.05, 0.1) is 0 Å². The summed E-state index contributed by atoms with van der Waals surface area (Å²) in [6.45, 7) is 0.634. The van der Waals surface area contributed by atoms with Crippen molar-refractivity contribution in [2.24, 2.45) is 5.73 Å². The van der Waals surface area contributed by atoms with E-state index in [1.807, 2.05) is 24.3 Å². The average molecular weight is 271 g/mol. The Morgan fingerprint density at radius 1 is 1.05 bits per heavy atom. The summed E-state index contributed by atoms with van der Waals surface area (Å²) in [6.07, 6.45) is 0.853. The van der Waals surface area contributed by atoms with Crippen molar-refractivity contribution in [3.63, 3.8) is 0 Å². The zero-order chi connectivity index (χ0) is 13.2. The highest BCUT2D eigenvalue weighted by atomic mass is 35.5. The SMILES string of the molecule is NCCc1c(-c2cccc(Cl)c2)[nH]c2ccccc12. The molecule has 0 radical (unpaired) electrons. The van der Waals surface area contributed by atoms with Gasteiger partial charge in [-0.2, -0.15) is 0 Å². The van der Waals surface area contributed by atoms with E-state index in [0.717, 1.165) is 28.2 Å². The highest BCUT2D eigenvalue weighted by molar-refractivity contribution is 6.30. The number of fused-ring (bicyclic) bond motifs is 1. The molecule has 0 aliphatic heterocycles. The first kappa shape index (κ1) is 12.3. The summed E-state index contributed by atoms with van der Waals surface area (Å²) in [6, 6.07) is 16.2. The van der Waals surface area contributed by atoms with Crippen molar-refractivity contribution in [1.29, 1.82) is 0 Å². The molecule has 0 fully saturated rings. The van der Waals surface area contributed by atoms with Gasteiger partial charge in [0, 0.05) is 21.6 Å². The van der Waals surface area contributed by atoms with Gasteiger partial charge in [0.2, 0.25) is 0 Å². The fourth-order valence-corrected chi connectivity index (χ4v) is 2.68. The van der Waals surface area contributed by atoms with Crippen LogP contribution in [0.1, 0.15) is 5.56 Å². The van der Waals surface area contributed by atoms with Gasteiger partial charge in [0.15, 0.2) is 0 Å². The van der Waals surface area contributed by atoms with Crippen LogP contribution in [-0.2, 0) is 6.42 Å². The van der Waals surface area contributed by atoms with E-state index in [1.165, 1.54) is 10.9 Å². The number of para-hydroxylation sites is 1. The normalized spacial score (nSPS) is 11.1. The quantitative estimate of drug-likeness (QED) is 0.742. The van der Waals surface area contributed by atoms with Crippen molar-refractivity contribution < 1.29 is 0 Å². The second-order valence-electron chi connectivity index (χ2n) is 4.57. The number of H-pyrrole nitrogens is 1. The number of halogens is 1. The third-order valence-electron chi connectivity index (χ3n) is 3.32. The standard InChI is InChI=1S/C16H15ClN2/c17-12-5-3-4-11(10-12)16-14(8-9-18)13-6-1-2-7-15(13)19-16/h1-7,10,19H,8-9,18H2. The van der Waals surface area contributed by atoms with Gasteiger partial charge in [-0.05, 0) is 42.3 Å². The number of benzene rings is 2. The van der Waals surface area contributed by atoms with Crippen LogP contribution in [0, 0.1) is 0 Å². The predicted molar refractivity (Wildman–Crippen MR) is 81.5 cm³/mol. The molecule has 0 atom stereocenters. The molecule has 0 unspecified atom stereocenters. The Hall–Kier alpha value is -1.77. The second kappa shape index (κ2) is 5.08. The van der Waals surface area contributed by atoms with Crippen molar-refractivity contribution in [2.45, 2.75) is 6.42 Å². The number of aromatic nitrogens is 1. The van der Waals surface area contributed by atoms with Gasteiger partial charge in [0.1, 0.15) is 0 Å². The summed E-state index contributed by atoms with van der Waals surface area (Å²) >= 11 is 6.08. The summed E-state index contributed by atoms with van der Waals surface area (Å²) in [5.41, 5.74) is 10.4. The molecule has 96 valence electrons. The van der Waals surface area contributed by atoms with E-state index >= 15 is 0 Å². The number of hydrogen-bond acceptors (Lipinski definition) is 1. The Morgan fingerprint density at radius 3 is 2.68 bits per heavy atom. The van der Waals surface area contributed by atoms with E-state index < -0.39 is 0 Å². The predicted octanol–water partition coefficient (Wildman–Crippen LogP) is 3.99. The van der Waals surface area contributed by atoms with Crippen LogP contribution < -0.4 is 5.73 Å². The summed E-state index contributed by atoms with van der Waals surface area (Å²) in [4.78, 5) is 3.48. The molecule has 1 heterocycles. The zero-order valence-electron chi connectivity index (χ0n) is 10.5. The third kappa shape index (κ3) is 2.25. The van der Waals surface area contributed by atoms with Gasteiger partial charge in [-0.3, -0.25) is 0 Å². The van der Waals surface area contributed by atoms with Gasteiger partial charge in [-0.1, -0.05) is 41.9 Å². The van der Waals surface area contributed by atoms with Crippen molar-refractivity contribution in [2.75, 3.05) is 6.54 Å². The van der Waals surface area contributed by atoms with Gasteiger partial charge < -0.3 is 10.7 Å². The number of nitrogens with two attached hydrogens (primary N) is 1. The molecule has 0 aliphatic rings. The van der Waals surface area contributed by atoms with E-state index in [0.29, 0.717) is 6.54 Å². The Bertz CT molecular complexity index is 716. The van der Waals surface area contributed by atoms with Gasteiger partial charge in [-0.15, -0.1) is 0 Å². The largest absolute Gasteiger partial charge is 0.354 e. The molecule has 0 bridgehead atoms. The first-order valence-electron chi connectivity index (χ1n) is 6.35.